The van der Waals surface area contributed by atoms with Gasteiger partial charge in [0, 0.05) is 24.9 Å². The maximum atomic E-state index is 13.5. The Bertz CT molecular complexity index is 1390. The highest BCUT2D eigenvalue weighted by Crippen LogP contribution is 2.33. The van der Waals surface area contributed by atoms with Crippen LogP contribution in [0.4, 0.5) is 5.13 Å². The largest absolute Gasteiger partial charge is 0.308 e. The van der Waals surface area contributed by atoms with Gasteiger partial charge in [0.15, 0.2) is 24.8 Å². The van der Waals surface area contributed by atoms with E-state index in [0.717, 1.165) is 6.26 Å². The lowest BCUT2D eigenvalue weighted by Crippen LogP contribution is -2.36. The van der Waals surface area contributed by atoms with E-state index in [0.29, 0.717) is 28.4 Å². The number of fused-ring (bicyclic) bond motifs is 1. The average Bonchev–Trinajstić information content (AvgIpc) is 3.16. The Labute approximate surface area is 198 Å². The minimum Gasteiger partial charge on any atom is -0.308 e. The van der Waals surface area contributed by atoms with Crippen LogP contribution in [0.1, 0.15) is 24.2 Å². The molecule has 0 bridgehead atoms. The number of rotatable bonds is 8. The quantitative estimate of drug-likeness (QED) is 0.459. The van der Waals surface area contributed by atoms with E-state index >= 15 is 0 Å². The fourth-order valence-corrected chi connectivity index (χ4v) is 6.16. The van der Waals surface area contributed by atoms with E-state index in [1.165, 1.54) is 34.4 Å². The monoisotopic (exact) mass is 509 g/mol. The number of hydrogen-bond acceptors (Lipinski definition) is 8. The molecule has 2 aromatic carbocycles. The first kappa shape index (κ1) is 25.3. The van der Waals surface area contributed by atoms with Crippen LogP contribution in [-0.4, -0.2) is 71.3 Å². The molecule has 0 fully saturated rings. The van der Waals surface area contributed by atoms with Crippen molar-refractivity contribution in [1.82, 2.24) is 9.88 Å². The summed E-state index contributed by atoms with van der Waals surface area (Å²) in [4.78, 5) is 21.6. The molecule has 0 spiro atoms. The van der Waals surface area contributed by atoms with Gasteiger partial charge < -0.3 is 4.90 Å². The normalized spacial score (nSPS) is 12.6. The third kappa shape index (κ3) is 5.43. The summed E-state index contributed by atoms with van der Waals surface area (Å²) < 4.78 is 50.3. The van der Waals surface area contributed by atoms with Gasteiger partial charge in [0.05, 0.1) is 19.7 Å². The Balaban J connectivity index is 2.10. The number of sulfone groups is 2. The fourth-order valence-electron chi connectivity index (χ4n) is 3.14. The van der Waals surface area contributed by atoms with Gasteiger partial charge in [-0.25, -0.2) is 21.8 Å². The first-order valence-electron chi connectivity index (χ1n) is 10.2. The Hall–Kier alpha value is -2.34. The number of hydrogen-bond donors (Lipinski definition) is 0. The van der Waals surface area contributed by atoms with Crippen molar-refractivity contribution in [1.29, 1.82) is 0 Å². The molecule has 0 radical (unpaired) electrons. The molecule has 11 heteroatoms. The Morgan fingerprint density at radius 3 is 2.30 bits per heavy atom. The summed E-state index contributed by atoms with van der Waals surface area (Å²) >= 11 is 1.22. The zero-order valence-corrected chi connectivity index (χ0v) is 21.6. The lowest BCUT2D eigenvalue weighted by atomic mass is 10.2. The average molecular weight is 510 g/mol. The van der Waals surface area contributed by atoms with Gasteiger partial charge in [-0.1, -0.05) is 23.5 Å². The van der Waals surface area contributed by atoms with Crippen molar-refractivity contribution >= 4 is 52.3 Å². The number of amides is 1. The fraction of sp³-hybridized carbons (Fsp3) is 0.364. The molecular formula is C22H27N3O5S3. The van der Waals surface area contributed by atoms with Crippen molar-refractivity contribution in [3.05, 3.63) is 48.0 Å². The van der Waals surface area contributed by atoms with Crippen molar-refractivity contribution in [2.24, 2.45) is 0 Å². The van der Waals surface area contributed by atoms with E-state index in [9.17, 15) is 21.6 Å². The lowest BCUT2D eigenvalue weighted by Gasteiger charge is -2.22. The van der Waals surface area contributed by atoms with Crippen molar-refractivity contribution in [2.75, 3.05) is 38.3 Å². The number of benzene rings is 2. The predicted octanol–water partition coefficient (Wildman–Crippen LogP) is 3.09. The number of anilines is 1. The molecule has 3 aromatic rings. The third-order valence-electron chi connectivity index (χ3n) is 5.05. The molecule has 0 saturated heterocycles. The Morgan fingerprint density at radius 1 is 1.03 bits per heavy atom. The number of thiazole rings is 1. The minimum atomic E-state index is -3.55. The van der Waals surface area contributed by atoms with E-state index < -0.39 is 30.8 Å². The van der Waals surface area contributed by atoms with Gasteiger partial charge in [0.1, 0.15) is 5.52 Å². The maximum Gasteiger partial charge on any atom is 0.260 e. The molecular weight excluding hydrogens is 482 g/mol. The molecule has 1 amide bonds. The van der Waals surface area contributed by atoms with Crippen LogP contribution < -0.4 is 4.90 Å². The molecule has 0 N–H and O–H groups in total. The highest BCUT2D eigenvalue weighted by molar-refractivity contribution is 7.92. The summed E-state index contributed by atoms with van der Waals surface area (Å²) in [7, 11) is -3.31. The summed E-state index contributed by atoms with van der Waals surface area (Å²) in [5.74, 6) is -0.405. The second-order valence-electron chi connectivity index (χ2n) is 8.25. The van der Waals surface area contributed by atoms with Gasteiger partial charge in [0.25, 0.3) is 5.91 Å². The number of aromatic nitrogens is 1. The molecule has 1 heterocycles. The smallest absolute Gasteiger partial charge is 0.260 e. The molecule has 0 aliphatic rings. The first-order valence-corrected chi connectivity index (χ1v) is 14.5. The minimum absolute atomic E-state index is 0.0829. The SMILES string of the molecule is CC(C)S(=O)(=O)c1cccc(C(=O)N(CCN(C)C)c2nc3c(S(C)(=O)=O)cccc3s2)c1. The van der Waals surface area contributed by atoms with E-state index in [-0.39, 0.29) is 15.4 Å². The first-order chi connectivity index (χ1) is 15.3. The van der Waals surface area contributed by atoms with E-state index in [4.69, 9.17) is 0 Å². The highest BCUT2D eigenvalue weighted by atomic mass is 32.2. The molecule has 3 rings (SSSR count). The van der Waals surface area contributed by atoms with Gasteiger partial charge in [-0.15, -0.1) is 0 Å². The summed E-state index contributed by atoms with van der Waals surface area (Å²) in [5, 5.41) is -0.267. The lowest BCUT2D eigenvalue weighted by molar-refractivity contribution is 0.0985. The predicted molar refractivity (Wildman–Crippen MR) is 132 cm³/mol. The number of carbonyl (C=O) groups excluding carboxylic acids is 1. The van der Waals surface area contributed by atoms with Crippen LogP contribution in [0.15, 0.2) is 52.3 Å². The Morgan fingerprint density at radius 2 is 1.70 bits per heavy atom. The molecule has 0 aliphatic carbocycles. The van der Waals surface area contributed by atoms with Gasteiger partial charge in [-0.2, -0.15) is 0 Å². The third-order valence-corrected chi connectivity index (χ3v) is 9.37. The van der Waals surface area contributed by atoms with Gasteiger partial charge in [-0.3, -0.25) is 9.69 Å². The van der Waals surface area contributed by atoms with Crippen LogP contribution in [0.2, 0.25) is 0 Å². The molecule has 178 valence electrons. The van der Waals surface area contributed by atoms with Crippen LogP contribution in [0.3, 0.4) is 0 Å². The molecule has 0 atom stereocenters. The zero-order chi connectivity index (χ0) is 24.6. The molecule has 8 nitrogen and oxygen atoms in total. The van der Waals surface area contributed by atoms with Crippen LogP contribution in [-0.2, 0) is 19.7 Å². The molecule has 0 saturated carbocycles. The van der Waals surface area contributed by atoms with Crippen molar-refractivity contribution in [3.63, 3.8) is 0 Å². The van der Waals surface area contributed by atoms with Crippen molar-refractivity contribution < 1.29 is 21.6 Å². The summed E-state index contributed by atoms with van der Waals surface area (Å²) in [6.45, 7) is 4.01. The second kappa shape index (κ2) is 9.49. The van der Waals surface area contributed by atoms with Crippen LogP contribution in [0, 0.1) is 0 Å². The van der Waals surface area contributed by atoms with Crippen LogP contribution in [0.25, 0.3) is 10.2 Å². The van der Waals surface area contributed by atoms with Crippen LogP contribution >= 0.6 is 11.3 Å². The van der Waals surface area contributed by atoms with Gasteiger partial charge in [-0.05, 0) is 58.3 Å². The number of nitrogens with zero attached hydrogens (tertiary/aromatic N) is 3. The van der Waals surface area contributed by atoms with Gasteiger partial charge >= 0.3 is 0 Å². The number of likely N-dealkylation sites (N-methyl/N-ethyl adjacent to an activating group) is 1. The van der Waals surface area contributed by atoms with Gasteiger partial charge in [0.2, 0.25) is 0 Å². The highest BCUT2D eigenvalue weighted by Gasteiger charge is 2.26. The topological polar surface area (TPSA) is 105 Å². The zero-order valence-electron chi connectivity index (χ0n) is 19.1. The second-order valence-corrected chi connectivity index (χ2v) is 13.8. The standard InChI is InChI=1S/C22H27N3O5S3/c1-15(2)33(29,30)17-9-6-8-16(14-17)21(26)25(13-12-24(3)4)22-23-20-18(31-22)10-7-11-19(20)32(5,27)28/h6-11,14-15H,12-13H2,1-5H3. The van der Waals surface area contributed by atoms with Crippen LogP contribution in [0.5, 0.6) is 0 Å². The summed E-state index contributed by atoms with van der Waals surface area (Å²) in [6.07, 6.45) is 1.12. The van der Waals surface area contributed by atoms with E-state index in [1.807, 2.05) is 19.0 Å². The molecule has 1 aromatic heterocycles. The summed E-state index contributed by atoms with van der Waals surface area (Å²) in [5.41, 5.74) is 0.539. The number of para-hydroxylation sites is 1. The maximum absolute atomic E-state index is 13.5. The Kier molecular flexibility index (Phi) is 7.27. The molecule has 33 heavy (non-hydrogen) atoms. The molecule has 0 unspecified atom stereocenters. The van der Waals surface area contributed by atoms with E-state index in [2.05, 4.69) is 4.98 Å². The molecule has 0 aliphatic heterocycles. The van der Waals surface area contributed by atoms with Crippen molar-refractivity contribution in [2.45, 2.75) is 28.9 Å². The van der Waals surface area contributed by atoms with Crippen molar-refractivity contribution in [3.8, 4) is 0 Å². The van der Waals surface area contributed by atoms with E-state index in [1.54, 1.807) is 38.1 Å². The summed E-state index contributed by atoms with van der Waals surface area (Å²) in [6, 6.07) is 10.9. The number of carbonyl (C=O) groups is 1.